The highest BCUT2D eigenvalue weighted by atomic mass is 16.5. The average Bonchev–Trinajstić information content (AvgIpc) is 3.16. The fraction of sp³-hybridized carbons (Fsp3) is 0.385. The number of rotatable bonds is 5. The molecule has 5 nitrogen and oxygen atoms in total. The van der Waals surface area contributed by atoms with Crippen molar-refractivity contribution in [2.75, 3.05) is 7.11 Å². The first-order valence-corrected chi connectivity index (χ1v) is 5.76. The summed E-state index contributed by atoms with van der Waals surface area (Å²) in [6.07, 6.45) is 0.438. The molecule has 1 aromatic carbocycles. The van der Waals surface area contributed by atoms with Crippen LogP contribution in [0.3, 0.4) is 0 Å². The minimum absolute atomic E-state index is 0.201. The van der Waals surface area contributed by atoms with Gasteiger partial charge in [0.15, 0.2) is 0 Å². The number of carboxylic acid groups (broad SMARTS) is 1. The highest BCUT2D eigenvalue weighted by molar-refractivity contribution is 5.89. The smallest absolute Gasteiger partial charge is 0.307 e. The Balaban J connectivity index is 1.89. The van der Waals surface area contributed by atoms with Crippen molar-refractivity contribution in [1.29, 1.82) is 0 Å². The van der Waals surface area contributed by atoms with Gasteiger partial charge in [0.05, 0.1) is 18.9 Å². The lowest BCUT2D eigenvalue weighted by Crippen LogP contribution is -2.26. The molecule has 2 N–H and O–H groups in total. The van der Waals surface area contributed by atoms with E-state index in [1.54, 1.807) is 7.11 Å². The molecule has 5 heteroatoms. The van der Waals surface area contributed by atoms with Crippen molar-refractivity contribution in [3.63, 3.8) is 0 Å². The molecule has 1 saturated carbocycles. The molecular formula is C13H15NO4. The second kappa shape index (κ2) is 5.08. The number of aliphatic carboxylic acids is 1. The standard InChI is InChI=1S/C13H15NO4/c1-18-11-5-3-2-4-8(11)7-14-12(15)9-6-10(9)13(16)17/h2-5,9-10H,6-7H2,1H3,(H,14,15)(H,16,17). The normalized spacial score (nSPS) is 21.2. The zero-order valence-electron chi connectivity index (χ0n) is 10.1. The number of hydrogen-bond donors (Lipinski definition) is 2. The molecule has 1 fully saturated rings. The van der Waals surface area contributed by atoms with E-state index in [2.05, 4.69) is 5.32 Å². The lowest BCUT2D eigenvalue weighted by atomic mass is 10.2. The molecule has 0 bridgehead atoms. The summed E-state index contributed by atoms with van der Waals surface area (Å²) in [6.45, 7) is 0.353. The third-order valence-corrected chi connectivity index (χ3v) is 3.09. The molecule has 2 atom stereocenters. The first-order chi connectivity index (χ1) is 8.63. The van der Waals surface area contributed by atoms with Crippen LogP contribution in [0, 0.1) is 11.8 Å². The van der Waals surface area contributed by atoms with Gasteiger partial charge in [0, 0.05) is 12.1 Å². The topological polar surface area (TPSA) is 75.6 Å². The third kappa shape index (κ3) is 2.61. The number of nitrogens with one attached hydrogen (secondary N) is 1. The largest absolute Gasteiger partial charge is 0.496 e. The first kappa shape index (κ1) is 12.4. The Kier molecular flexibility index (Phi) is 3.50. The Labute approximate surface area is 105 Å². The summed E-state index contributed by atoms with van der Waals surface area (Å²) in [5.41, 5.74) is 0.876. The van der Waals surface area contributed by atoms with E-state index in [1.165, 1.54) is 0 Å². The lowest BCUT2D eigenvalue weighted by Gasteiger charge is -2.09. The summed E-state index contributed by atoms with van der Waals surface area (Å²) in [7, 11) is 1.57. The molecule has 18 heavy (non-hydrogen) atoms. The number of hydrogen-bond acceptors (Lipinski definition) is 3. The van der Waals surface area contributed by atoms with Crippen LogP contribution in [0.15, 0.2) is 24.3 Å². The molecule has 1 aromatic rings. The molecule has 1 aliphatic carbocycles. The minimum atomic E-state index is -0.896. The van der Waals surface area contributed by atoms with Gasteiger partial charge < -0.3 is 15.2 Å². The number of benzene rings is 1. The quantitative estimate of drug-likeness (QED) is 0.817. The maximum atomic E-state index is 11.7. The predicted molar refractivity (Wildman–Crippen MR) is 64.1 cm³/mol. The number of carbonyl (C=O) groups is 2. The lowest BCUT2D eigenvalue weighted by molar-refractivity contribution is -0.140. The number of carbonyl (C=O) groups excluding carboxylic acids is 1. The summed E-state index contributed by atoms with van der Waals surface area (Å²) < 4.78 is 5.17. The summed E-state index contributed by atoms with van der Waals surface area (Å²) in [5, 5.41) is 11.5. The van der Waals surface area contributed by atoms with Crippen LogP contribution in [-0.4, -0.2) is 24.1 Å². The van der Waals surface area contributed by atoms with E-state index in [4.69, 9.17) is 9.84 Å². The molecule has 1 amide bonds. The Morgan fingerprint density at radius 2 is 2.11 bits per heavy atom. The van der Waals surface area contributed by atoms with Crippen LogP contribution >= 0.6 is 0 Å². The van der Waals surface area contributed by atoms with Gasteiger partial charge in [0.2, 0.25) is 5.91 Å². The van der Waals surface area contributed by atoms with Crippen molar-refractivity contribution in [3.8, 4) is 5.75 Å². The highest BCUT2D eigenvalue weighted by Gasteiger charge is 2.48. The molecule has 2 unspecified atom stereocenters. The Morgan fingerprint density at radius 3 is 2.72 bits per heavy atom. The maximum Gasteiger partial charge on any atom is 0.307 e. The van der Waals surface area contributed by atoms with E-state index in [1.807, 2.05) is 24.3 Å². The van der Waals surface area contributed by atoms with Crippen LogP contribution < -0.4 is 10.1 Å². The molecule has 96 valence electrons. The fourth-order valence-electron chi connectivity index (χ4n) is 1.92. The molecule has 0 saturated heterocycles. The van der Waals surface area contributed by atoms with E-state index in [-0.39, 0.29) is 11.8 Å². The van der Waals surface area contributed by atoms with Crippen molar-refractivity contribution >= 4 is 11.9 Å². The predicted octanol–water partition coefficient (Wildman–Crippen LogP) is 1.03. The molecule has 0 aromatic heterocycles. The van der Waals surface area contributed by atoms with Crippen molar-refractivity contribution in [2.45, 2.75) is 13.0 Å². The SMILES string of the molecule is COc1ccccc1CNC(=O)C1CC1C(=O)O. The van der Waals surface area contributed by atoms with Crippen molar-refractivity contribution < 1.29 is 19.4 Å². The van der Waals surface area contributed by atoms with Gasteiger partial charge in [0.25, 0.3) is 0 Å². The van der Waals surface area contributed by atoms with Crippen molar-refractivity contribution in [3.05, 3.63) is 29.8 Å². The Bertz CT molecular complexity index is 472. The molecule has 0 aliphatic heterocycles. The van der Waals surface area contributed by atoms with Crippen LogP contribution in [0.2, 0.25) is 0 Å². The number of carboxylic acids is 1. The zero-order chi connectivity index (χ0) is 13.1. The number of methoxy groups -OCH3 is 1. The van der Waals surface area contributed by atoms with E-state index in [0.29, 0.717) is 18.7 Å². The Hall–Kier alpha value is -2.04. The average molecular weight is 249 g/mol. The summed E-state index contributed by atoms with van der Waals surface area (Å²) in [6, 6.07) is 7.39. The van der Waals surface area contributed by atoms with E-state index >= 15 is 0 Å². The zero-order valence-corrected chi connectivity index (χ0v) is 10.1. The van der Waals surface area contributed by atoms with Crippen molar-refractivity contribution in [2.24, 2.45) is 11.8 Å². The molecule has 2 rings (SSSR count). The van der Waals surface area contributed by atoms with Gasteiger partial charge in [-0.1, -0.05) is 18.2 Å². The van der Waals surface area contributed by atoms with Crippen LogP contribution in [-0.2, 0) is 16.1 Å². The van der Waals surface area contributed by atoms with Crippen LogP contribution in [0.1, 0.15) is 12.0 Å². The van der Waals surface area contributed by atoms with E-state index in [0.717, 1.165) is 5.56 Å². The molecule has 1 aliphatic rings. The minimum Gasteiger partial charge on any atom is -0.496 e. The van der Waals surface area contributed by atoms with Crippen LogP contribution in [0.5, 0.6) is 5.75 Å². The number of ether oxygens (including phenoxy) is 1. The van der Waals surface area contributed by atoms with Gasteiger partial charge in [-0.2, -0.15) is 0 Å². The van der Waals surface area contributed by atoms with Crippen molar-refractivity contribution in [1.82, 2.24) is 5.32 Å². The second-order valence-corrected chi connectivity index (χ2v) is 4.32. The van der Waals surface area contributed by atoms with Gasteiger partial charge >= 0.3 is 5.97 Å². The highest BCUT2D eigenvalue weighted by Crippen LogP contribution is 2.38. The number of para-hydroxylation sites is 1. The van der Waals surface area contributed by atoms with Gasteiger partial charge in [-0.3, -0.25) is 9.59 Å². The van der Waals surface area contributed by atoms with Gasteiger partial charge in [-0.25, -0.2) is 0 Å². The monoisotopic (exact) mass is 249 g/mol. The summed E-state index contributed by atoms with van der Waals surface area (Å²) >= 11 is 0. The van der Waals surface area contributed by atoms with Crippen LogP contribution in [0.25, 0.3) is 0 Å². The van der Waals surface area contributed by atoms with E-state index in [9.17, 15) is 9.59 Å². The van der Waals surface area contributed by atoms with Gasteiger partial charge in [0.1, 0.15) is 5.75 Å². The Morgan fingerprint density at radius 1 is 1.39 bits per heavy atom. The summed E-state index contributed by atoms with van der Waals surface area (Å²) in [4.78, 5) is 22.3. The molecule has 0 spiro atoms. The maximum absolute atomic E-state index is 11.7. The second-order valence-electron chi connectivity index (χ2n) is 4.32. The number of amides is 1. The molecule has 0 heterocycles. The van der Waals surface area contributed by atoms with Gasteiger partial charge in [-0.15, -0.1) is 0 Å². The molecular weight excluding hydrogens is 234 g/mol. The third-order valence-electron chi connectivity index (χ3n) is 3.09. The van der Waals surface area contributed by atoms with Gasteiger partial charge in [-0.05, 0) is 12.5 Å². The first-order valence-electron chi connectivity index (χ1n) is 5.76. The fourth-order valence-corrected chi connectivity index (χ4v) is 1.92. The van der Waals surface area contributed by atoms with E-state index < -0.39 is 11.9 Å². The summed E-state index contributed by atoms with van der Waals surface area (Å²) in [5.74, 6) is -1.27. The molecule has 0 radical (unpaired) electrons. The van der Waals surface area contributed by atoms with Crippen LogP contribution in [0.4, 0.5) is 0 Å².